The number of benzene rings is 1. The van der Waals surface area contributed by atoms with Gasteiger partial charge in [0, 0.05) is 5.56 Å². The van der Waals surface area contributed by atoms with Crippen molar-refractivity contribution in [3.05, 3.63) is 35.9 Å². The summed E-state index contributed by atoms with van der Waals surface area (Å²) in [5.41, 5.74) is 0.879. The van der Waals surface area contributed by atoms with Crippen LogP contribution in [0, 0.1) is 0 Å². The van der Waals surface area contributed by atoms with Crippen molar-refractivity contribution in [2.24, 2.45) is 25.4 Å². The van der Waals surface area contributed by atoms with Crippen molar-refractivity contribution in [3.63, 3.8) is 0 Å². The van der Waals surface area contributed by atoms with Gasteiger partial charge in [-0.2, -0.15) is 4.99 Å². The molecule has 0 bridgehead atoms. The van der Waals surface area contributed by atoms with Crippen molar-refractivity contribution >= 4 is 23.3 Å². The summed E-state index contributed by atoms with van der Waals surface area (Å²) in [4.78, 5) is 19.5. The Balaban J connectivity index is 2.09. The van der Waals surface area contributed by atoms with Gasteiger partial charge >= 0.3 is 5.91 Å². The van der Waals surface area contributed by atoms with E-state index < -0.39 is 5.91 Å². The van der Waals surface area contributed by atoms with E-state index in [1.807, 2.05) is 30.3 Å². The van der Waals surface area contributed by atoms with Gasteiger partial charge in [0.15, 0.2) is 5.84 Å². The SMILES string of the molecule is O=C1N=C(c2ccccc2)N=C2N=NN=C12. The van der Waals surface area contributed by atoms with Crippen molar-refractivity contribution < 1.29 is 4.79 Å². The van der Waals surface area contributed by atoms with Gasteiger partial charge in [0.25, 0.3) is 0 Å². The molecule has 0 spiro atoms. The summed E-state index contributed by atoms with van der Waals surface area (Å²) in [5, 5.41) is 10.6. The lowest BCUT2D eigenvalue weighted by molar-refractivity contribution is -0.111. The lowest BCUT2D eigenvalue weighted by atomic mass is 10.2. The zero-order valence-electron chi connectivity index (χ0n) is 8.03. The average molecular weight is 211 g/mol. The van der Waals surface area contributed by atoms with Crippen LogP contribution < -0.4 is 0 Å². The van der Waals surface area contributed by atoms with E-state index in [9.17, 15) is 4.79 Å². The van der Waals surface area contributed by atoms with Crippen LogP contribution in [0.25, 0.3) is 0 Å². The van der Waals surface area contributed by atoms with Crippen molar-refractivity contribution in [2.45, 2.75) is 0 Å². The molecule has 0 unspecified atom stereocenters. The summed E-state index contributed by atoms with van der Waals surface area (Å²) < 4.78 is 0. The van der Waals surface area contributed by atoms with E-state index in [0.717, 1.165) is 5.56 Å². The molecule has 2 heterocycles. The molecular formula is C10H5N5O. The van der Waals surface area contributed by atoms with Gasteiger partial charge in [0.05, 0.1) is 0 Å². The summed E-state index contributed by atoms with van der Waals surface area (Å²) >= 11 is 0. The Kier molecular flexibility index (Phi) is 1.79. The minimum absolute atomic E-state index is 0.111. The Morgan fingerprint density at radius 3 is 2.56 bits per heavy atom. The number of rotatable bonds is 1. The molecule has 1 amide bonds. The predicted molar refractivity (Wildman–Crippen MR) is 57.7 cm³/mol. The number of carbonyl (C=O) groups excluding carboxylic acids is 1. The van der Waals surface area contributed by atoms with Gasteiger partial charge in [-0.1, -0.05) is 30.3 Å². The highest BCUT2D eigenvalue weighted by Gasteiger charge is 2.27. The van der Waals surface area contributed by atoms with E-state index in [1.165, 1.54) is 0 Å². The Morgan fingerprint density at radius 1 is 0.938 bits per heavy atom. The van der Waals surface area contributed by atoms with Gasteiger partial charge in [0.1, 0.15) is 0 Å². The summed E-state index contributed by atoms with van der Waals surface area (Å²) in [6.45, 7) is 0. The third-order valence-electron chi connectivity index (χ3n) is 2.15. The number of hydrogen-bond acceptors (Lipinski definition) is 5. The first-order chi connectivity index (χ1) is 7.84. The number of aliphatic imine (C=N–C) groups is 2. The highest BCUT2D eigenvalue weighted by atomic mass is 16.1. The van der Waals surface area contributed by atoms with Gasteiger partial charge in [-0.3, -0.25) is 4.79 Å². The number of amidine groups is 2. The lowest BCUT2D eigenvalue weighted by Gasteiger charge is -2.05. The van der Waals surface area contributed by atoms with Crippen LogP contribution >= 0.6 is 0 Å². The first-order valence-electron chi connectivity index (χ1n) is 4.61. The van der Waals surface area contributed by atoms with Gasteiger partial charge in [-0.15, -0.1) is 10.2 Å². The van der Waals surface area contributed by atoms with Crippen LogP contribution in [-0.4, -0.2) is 23.3 Å². The molecular weight excluding hydrogens is 206 g/mol. The Morgan fingerprint density at radius 2 is 1.75 bits per heavy atom. The molecule has 0 radical (unpaired) electrons. The summed E-state index contributed by atoms with van der Waals surface area (Å²) in [6.07, 6.45) is 0. The van der Waals surface area contributed by atoms with E-state index in [1.54, 1.807) is 0 Å². The second-order valence-electron chi connectivity index (χ2n) is 3.18. The highest BCUT2D eigenvalue weighted by Crippen LogP contribution is 2.12. The van der Waals surface area contributed by atoms with Crippen LogP contribution in [0.15, 0.2) is 55.8 Å². The molecule has 6 nitrogen and oxygen atoms in total. The fraction of sp³-hybridized carbons (Fsp3) is 0. The quantitative estimate of drug-likeness (QED) is 0.687. The second-order valence-corrected chi connectivity index (χ2v) is 3.18. The van der Waals surface area contributed by atoms with E-state index >= 15 is 0 Å². The molecule has 1 aromatic rings. The smallest absolute Gasteiger partial charge is 0.265 e. The van der Waals surface area contributed by atoms with Crippen LogP contribution in [0.3, 0.4) is 0 Å². The minimum atomic E-state index is -0.450. The summed E-state index contributed by atoms with van der Waals surface area (Å²) in [7, 11) is 0. The van der Waals surface area contributed by atoms with Gasteiger partial charge in [0.2, 0.25) is 11.5 Å². The third kappa shape index (κ3) is 1.28. The minimum Gasteiger partial charge on any atom is -0.265 e. The predicted octanol–water partition coefficient (Wildman–Crippen LogP) is 1.19. The Bertz CT molecular complexity index is 582. The largest absolute Gasteiger partial charge is 0.303 e. The fourth-order valence-electron chi connectivity index (χ4n) is 1.41. The molecule has 0 N–H and O–H groups in total. The van der Waals surface area contributed by atoms with Crippen LogP contribution in [-0.2, 0) is 4.79 Å². The number of fused-ring (bicyclic) bond motifs is 1. The van der Waals surface area contributed by atoms with Crippen LogP contribution in [0.1, 0.15) is 5.56 Å². The molecule has 0 saturated carbocycles. The Labute approximate surface area is 90.1 Å². The number of hydrogen-bond donors (Lipinski definition) is 0. The molecule has 76 valence electrons. The van der Waals surface area contributed by atoms with Gasteiger partial charge < -0.3 is 0 Å². The summed E-state index contributed by atoms with van der Waals surface area (Å²) in [6, 6.07) is 9.23. The standard InChI is InChI=1S/C10H5N5O/c16-10-7-9(14-15-13-7)11-8(12-10)6-4-2-1-3-5-6/h1-5H. The number of carbonyl (C=O) groups is 1. The molecule has 0 aliphatic carbocycles. The number of amides is 1. The molecule has 0 fully saturated rings. The second kappa shape index (κ2) is 3.27. The van der Waals surface area contributed by atoms with Gasteiger partial charge in [-0.25, -0.2) is 4.99 Å². The summed E-state index contributed by atoms with van der Waals surface area (Å²) in [5.74, 6) is 0.133. The van der Waals surface area contributed by atoms with Crippen LogP contribution in [0.4, 0.5) is 0 Å². The molecule has 1 aromatic carbocycles. The monoisotopic (exact) mass is 211 g/mol. The van der Waals surface area contributed by atoms with Crippen molar-refractivity contribution in [1.82, 2.24) is 0 Å². The third-order valence-corrected chi connectivity index (χ3v) is 2.15. The molecule has 2 aliphatic rings. The average Bonchev–Trinajstić information content (AvgIpc) is 2.79. The number of nitrogens with zero attached hydrogens (tertiary/aromatic N) is 5. The molecule has 0 aromatic heterocycles. The lowest BCUT2D eigenvalue weighted by Crippen LogP contribution is -2.25. The zero-order valence-corrected chi connectivity index (χ0v) is 8.03. The highest BCUT2D eigenvalue weighted by molar-refractivity contribution is 6.69. The van der Waals surface area contributed by atoms with E-state index in [4.69, 9.17) is 0 Å². The first-order valence-corrected chi connectivity index (χ1v) is 4.61. The van der Waals surface area contributed by atoms with Crippen LogP contribution in [0.2, 0.25) is 0 Å². The first kappa shape index (κ1) is 8.78. The topological polar surface area (TPSA) is 78.9 Å². The van der Waals surface area contributed by atoms with Gasteiger partial charge in [-0.05, 0) is 5.22 Å². The van der Waals surface area contributed by atoms with Crippen molar-refractivity contribution in [1.29, 1.82) is 0 Å². The molecule has 16 heavy (non-hydrogen) atoms. The van der Waals surface area contributed by atoms with Crippen molar-refractivity contribution in [2.75, 3.05) is 0 Å². The molecule has 6 heteroatoms. The molecule has 2 aliphatic heterocycles. The maximum absolute atomic E-state index is 11.5. The fourth-order valence-corrected chi connectivity index (χ4v) is 1.41. The van der Waals surface area contributed by atoms with E-state index in [2.05, 4.69) is 25.4 Å². The maximum Gasteiger partial charge on any atom is 0.303 e. The zero-order chi connectivity index (χ0) is 11.0. The Hall–Kier alpha value is -2.50. The van der Waals surface area contributed by atoms with Crippen molar-refractivity contribution in [3.8, 4) is 0 Å². The van der Waals surface area contributed by atoms with E-state index in [-0.39, 0.29) is 11.5 Å². The van der Waals surface area contributed by atoms with Crippen LogP contribution in [0.5, 0.6) is 0 Å². The van der Waals surface area contributed by atoms with E-state index in [0.29, 0.717) is 5.84 Å². The normalized spacial score (nSPS) is 17.8. The molecule has 0 saturated heterocycles. The maximum atomic E-state index is 11.5. The molecule has 0 atom stereocenters. The molecule has 3 rings (SSSR count).